The van der Waals surface area contributed by atoms with E-state index in [1.165, 1.54) is 19.3 Å². The van der Waals surface area contributed by atoms with Crippen molar-refractivity contribution in [1.29, 1.82) is 0 Å². The van der Waals surface area contributed by atoms with Gasteiger partial charge in [0.2, 0.25) is 8.32 Å². The van der Waals surface area contributed by atoms with E-state index in [0.29, 0.717) is 5.56 Å². The number of carbonyl (C=O) groups is 1. The molecule has 1 aromatic rings. The highest BCUT2D eigenvalue weighted by molar-refractivity contribution is 6.74. The van der Waals surface area contributed by atoms with Crippen molar-refractivity contribution >= 4 is 14.3 Å². The van der Waals surface area contributed by atoms with Crippen molar-refractivity contribution in [2.75, 3.05) is 0 Å². The molecule has 0 bridgehead atoms. The molecule has 1 fully saturated rings. The van der Waals surface area contributed by atoms with Gasteiger partial charge in [-0.25, -0.2) is 4.79 Å². The van der Waals surface area contributed by atoms with Crippen LogP contribution in [0.25, 0.3) is 0 Å². The maximum absolute atomic E-state index is 12.4. The third-order valence-electron chi connectivity index (χ3n) is 5.60. The maximum atomic E-state index is 12.4. The Balaban J connectivity index is 1.95. The van der Waals surface area contributed by atoms with E-state index in [2.05, 4.69) is 33.9 Å². The Hall–Kier alpha value is -1.29. The largest absolute Gasteiger partial charge is 0.544 e. The molecular formula is C21H34O3Si. The van der Waals surface area contributed by atoms with Crippen LogP contribution in [0.15, 0.2) is 24.3 Å². The van der Waals surface area contributed by atoms with Crippen LogP contribution >= 0.6 is 0 Å². The van der Waals surface area contributed by atoms with Gasteiger partial charge < -0.3 is 9.16 Å². The Morgan fingerprint density at radius 1 is 0.960 bits per heavy atom. The molecule has 0 spiro atoms. The van der Waals surface area contributed by atoms with E-state index < -0.39 is 8.32 Å². The molecule has 0 amide bonds. The van der Waals surface area contributed by atoms with Crippen molar-refractivity contribution in [3.8, 4) is 5.75 Å². The summed E-state index contributed by atoms with van der Waals surface area (Å²) < 4.78 is 12.0. The number of benzene rings is 1. The lowest BCUT2D eigenvalue weighted by Crippen LogP contribution is -2.43. The first-order valence-electron chi connectivity index (χ1n) is 9.69. The summed E-state index contributed by atoms with van der Waals surface area (Å²) in [6.07, 6.45) is 8.23. The van der Waals surface area contributed by atoms with Crippen molar-refractivity contribution in [1.82, 2.24) is 0 Å². The third-order valence-corrected chi connectivity index (χ3v) is 9.95. The zero-order valence-electron chi connectivity index (χ0n) is 16.6. The van der Waals surface area contributed by atoms with Gasteiger partial charge in [-0.3, -0.25) is 0 Å². The highest BCUT2D eigenvalue weighted by Gasteiger charge is 2.38. The molecule has 140 valence electrons. The summed E-state index contributed by atoms with van der Waals surface area (Å²) in [5.74, 6) is 0.638. The molecule has 25 heavy (non-hydrogen) atoms. The van der Waals surface area contributed by atoms with Crippen molar-refractivity contribution in [3.63, 3.8) is 0 Å². The van der Waals surface area contributed by atoms with Crippen molar-refractivity contribution in [3.05, 3.63) is 29.8 Å². The van der Waals surface area contributed by atoms with E-state index in [0.717, 1.165) is 31.4 Å². The van der Waals surface area contributed by atoms with E-state index in [1.807, 2.05) is 24.3 Å². The van der Waals surface area contributed by atoms with E-state index in [-0.39, 0.29) is 17.1 Å². The average molecular weight is 363 g/mol. The first-order chi connectivity index (χ1) is 11.7. The van der Waals surface area contributed by atoms with Crippen LogP contribution in [0.4, 0.5) is 0 Å². The van der Waals surface area contributed by atoms with Gasteiger partial charge in [0.05, 0.1) is 5.56 Å². The number of carbonyl (C=O) groups excluding carboxylic acids is 1. The first-order valence-corrected chi connectivity index (χ1v) is 12.6. The zero-order valence-corrected chi connectivity index (χ0v) is 17.6. The van der Waals surface area contributed by atoms with Gasteiger partial charge in [-0.05, 0) is 68.1 Å². The van der Waals surface area contributed by atoms with Crippen molar-refractivity contribution in [2.45, 2.75) is 90.0 Å². The number of rotatable bonds is 4. The molecule has 0 N–H and O–H groups in total. The molecule has 1 aliphatic carbocycles. The number of hydrogen-bond donors (Lipinski definition) is 0. The molecular weight excluding hydrogens is 328 g/mol. The molecule has 0 saturated heterocycles. The highest BCUT2D eigenvalue weighted by Crippen LogP contribution is 2.37. The van der Waals surface area contributed by atoms with Crippen molar-refractivity contribution in [2.24, 2.45) is 0 Å². The summed E-state index contributed by atoms with van der Waals surface area (Å²) >= 11 is 0. The molecule has 1 aromatic carbocycles. The number of ether oxygens (including phenoxy) is 1. The van der Waals surface area contributed by atoms with Gasteiger partial charge in [0.25, 0.3) is 0 Å². The summed E-state index contributed by atoms with van der Waals surface area (Å²) in [5.41, 5.74) is 0.615. The van der Waals surface area contributed by atoms with Gasteiger partial charge in [0, 0.05) is 0 Å². The molecule has 0 radical (unpaired) electrons. The SMILES string of the molecule is CC(C)(C)[Si](C)(C)Oc1ccc(C(=O)OC2CCCCCCC2)cc1. The van der Waals surface area contributed by atoms with Crippen molar-refractivity contribution < 1.29 is 14.0 Å². The van der Waals surface area contributed by atoms with Gasteiger partial charge in [0.1, 0.15) is 11.9 Å². The predicted molar refractivity (Wildman–Crippen MR) is 106 cm³/mol. The van der Waals surface area contributed by atoms with Crippen LogP contribution in [0, 0.1) is 0 Å². The van der Waals surface area contributed by atoms with Crippen LogP contribution in [-0.4, -0.2) is 20.4 Å². The van der Waals surface area contributed by atoms with Crippen LogP contribution in [0.1, 0.15) is 76.1 Å². The third kappa shape index (κ3) is 5.88. The molecule has 0 heterocycles. The van der Waals surface area contributed by atoms with Crippen LogP contribution in [0.2, 0.25) is 18.1 Å². The molecule has 2 rings (SSSR count). The Labute approximate surface area is 154 Å². The number of esters is 1. The zero-order chi connectivity index (χ0) is 18.5. The van der Waals surface area contributed by atoms with Gasteiger partial charge in [-0.15, -0.1) is 0 Å². The molecule has 1 aliphatic rings. The van der Waals surface area contributed by atoms with Gasteiger partial charge in [0.15, 0.2) is 0 Å². The fourth-order valence-electron chi connectivity index (χ4n) is 2.86. The Morgan fingerprint density at radius 3 is 2.00 bits per heavy atom. The second-order valence-corrected chi connectivity index (χ2v) is 13.5. The highest BCUT2D eigenvalue weighted by atomic mass is 28.4. The van der Waals surface area contributed by atoms with E-state index in [9.17, 15) is 4.79 Å². The first kappa shape index (κ1) is 20.0. The van der Waals surface area contributed by atoms with Gasteiger partial charge in [-0.2, -0.15) is 0 Å². The summed E-state index contributed by atoms with van der Waals surface area (Å²) in [5, 5.41) is 0.156. The molecule has 3 nitrogen and oxygen atoms in total. The van der Waals surface area contributed by atoms with Crippen LogP contribution in [0.3, 0.4) is 0 Å². The smallest absolute Gasteiger partial charge is 0.338 e. The molecule has 4 heteroatoms. The van der Waals surface area contributed by atoms with Gasteiger partial charge >= 0.3 is 5.97 Å². The minimum Gasteiger partial charge on any atom is -0.544 e. The van der Waals surface area contributed by atoms with E-state index in [4.69, 9.17) is 9.16 Å². The van der Waals surface area contributed by atoms with Gasteiger partial charge in [-0.1, -0.05) is 40.0 Å². The average Bonchev–Trinajstić information content (AvgIpc) is 2.49. The Morgan fingerprint density at radius 2 is 1.48 bits per heavy atom. The van der Waals surface area contributed by atoms with Crippen LogP contribution < -0.4 is 4.43 Å². The predicted octanol–water partition coefficient (Wildman–Crippen LogP) is 6.34. The monoisotopic (exact) mass is 362 g/mol. The second-order valence-electron chi connectivity index (χ2n) is 8.76. The second kappa shape index (κ2) is 8.39. The topological polar surface area (TPSA) is 35.5 Å². The fourth-order valence-corrected chi connectivity index (χ4v) is 3.89. The van der Waals surface area contributed by atoms with E-state index in [1.54, 1.807) is 0 Å². The van der Waals surface area contributed by atoms with E-state index >= 15 is 0 Å². The molecule has 0 aromatic heterocycles. The summed E-state index contributed by atoms with van der Waals surface area (Å²) in [6.45, 7) is 11.1. The lowest BCUT2D eigenvalue weighted by molar-refractivity contribution is 0.0239. The lowest BCUT2D eigenvalue weighted by Gasteiger charge is -2.36. The Bertz CT molecular complexity index is 549. The normalized spacial score (nSPS) is 17.5. The standard InChI is InChI=1S/C21H34O3Si/c1-21(2,3)25(4,5)24-19-15-13-17(14-16-19)20(22)23-18-11-9-7-6-8-10-12-18/h13-16,18H,6-12H2,1-5H3. The minimum absolute atomic E-state index is 0.0796. The lowest BCUT2D eigenvalue weighted by atomic mass is 9.98. The van der Waals surface area contributed by atoms with Crippen LogP contribution in [0.5, 0.6) is 5.75 Å². The maximum Gasteiger partial charge on any atom is 0.338 e. The quantitative estimate of drug-likeness (QED) is 0.463. The molecule has 0 unspecified atom stereocenters. The molecule has 1 saturated carbocycles. The summed E-state index contributed by atoms with van der Waals surface area (Å²) in [4.78, 5) is 12.4. The summed E-state index contributed by atoms with van der Waals surface area (Å²) in [7, 11) is -1.85. The Kier molecular flexibility index (Phi) is 6.72. The molecule has 0 atom stereocenters. The molecule has 0 aliphatic heterocycles. The summed E-state index contributed by atoms with van der Waals surface area (Å²) in [6, 6.07) is 7.45. The number of hydrogen-bond acceptors (Lipinski definition) is 3. The fraction of sp³-hybridized carbons (Fsp3) is 0.667. The minimum atomic E-state index is -1.85. The van der Waals surface area contributed by atoms with Crippen LogP contribution in [-0.2, 0) is 4.74 Å².